The van der Waals surface area contributed by atoms with Crippen molar-refractivity contribution in [1.82, 2.24) is 0 Å². The van der Waals surface area contributed by atoms with Crippen molar-refractivity contribution in [3.8, 4) is 11.5 Å². The Morgan fingerprint density at radius 1 is 1.06 bits per heavy atom. The number of hydrogen-bond acceptors (Lipinski definition) is 3. The topological polar surface area (TPSA) is 76.0 Å². The maximum absolute atomic E-state index is 11.6. The molecule has 0 aliphatic carbocycles. The molecule has 1 aromatic carbocycles. The average Bonchev–Trinajstić information content (AvgIpc) is 2.73. The SMILES string of the molecule is CCCCCCC/C=C/C1(C)CCc2c(C)c(OC(CCC)CP(=O)(O)O)c(C)c(C)c2O1. The predicted molar refractivity (Wildman–Crippen MR) is 137 cm³/mol. The number of fused-ring (bicyclic) bond motifs is 1. The van der Waals surface area contributed by atoms with Gasteiger partial charge in [-0.1, -0.05) is 52.0 Å². The molecule has 1 aromatic rings. The molecular formula is C27H45O5P. The number of hydrogen-bond donors (Lipinski definition) is 2. The molecular weight excluding hydrogens is 435 g/mol. The van der Waals surface area contributed by atoms with Crippen LogP contribution in [0.3, 0.4) is 0 Å². The molecule has 2 unspecified atom stereocenters. The van der Waals surface area contributed by atoms with Crippen molar-refractivity contribution in [2.75, 3.05) is 6.16 Å². The van der Waals surface area contributed by atoms with Gasteiger partial charge >= 0.3 is 7.60 Å². The monoisotopic (exact) mass is 480 g/mol. The Balaban J connectivity index is 2.18. The molecule has 2 rings (SSSR count). The molecule has 188 valence electrons. The fraction of sp³-hybridized carbons (Fsp3) is 0.704. The van der Waals surface area contributed by atoms with Gasteiger partial charge in [0.15, 0.2) is 0 Å². The van der Waals surface area contributed by atoms with E-state index >= 15 is 0 Å². The van der Waals surface area contributed by atoms with Gasteiger partial charge in [0.25, 0.3) is 0 Å². The average molecular weight is 481 g/mol. The summed E-state index contributed by atoms with van der Waals surface area (Å²) in [5.41, 5.74) is 3.91. The van der Waals surface area contributed by atoms with E-state index in [1.165, 1.54) is 32.1 Å². The standard InChI is InChI=1S/C27H45O5P/c1-7-9-10-11-12-13-14-17-27(6)18-16-24-22(5)25(20(3)21(4)26(24)32-27)31-23(15-8-2)19-33(28,29)30/h14,17,23H,7-13,15-16,18-19H2,1-6H3,(H2,28,29,30)/b17-14+. The summed E-state index contributed by atoms with van der Waals surface area (Å²) in [4.78, 5) is 19.0. The molecule has 2 N–H and O–H groups in total. The van der Waals surface area contributed by atoms with Crippen LogP contribution in [0.25, 0.3) is 0 Å². The highest BCUT2D eigenvalue weighted by molar-refractivity contribution is 7.51. The molecule has 1 aliphatic rings. The molecule has 0 saturated carbocycles. The van der Waals surface area contributed by atoms with E-state index in [0.717, 1.165) is 59.4 Å². The third-order valence-corrected chi connectivity index (χ3v) is 7.68. The maximum atomic E-state index is 11.6. The van der Waals surface area contributed by atoms with E-state index in [0.29, 0.717) is 6.42 Å². The molecule has 0 fully saturated rings. The lowest BCUT2D eigenvalue weighted by atomic mass is 9.86. The van der Waals surface area contributed by atoms with Crippen molar-refractivity contribution in [2.24, 2.45) is 0 Å². The van der Waals surface area contributed by atoms with Crippen LogP contribution in [0.1, 0.15) is 101 Å². The molecule has 6 heteroatoms. The van der Waals surface area contributed by atoms with Gasteiger partial charge in [0.05, 0.1) is 6.16 Å². The zero-order valence-electron chi connectivity index (χ0n) is 21.6. The molecule has 0 radical (unpaired) electrons. The molecule has 5 nitrogen and oxygen atoms in total. The van der Waals surface area contributed by atoms with Gasteiger partial charge in [-0.05, 0) is 82.6 Å². The Labute approximate surface area is 201 Å². The van der Waals surface area contributed by atoms with Gasteiger partial charge in [-0.15, -0.1) is 0 Å². The van der Waals surface area contributed by atoms with Gasteiger partial charge in [0, 0.05) is 5.56 Å². The second-order valence-electron chi connectivity index (χ2n) is 9.91. The molecule has 0 spiro atoms. The van der Waals surface area contributed by atoms with Gasteiger partial charge in [-0.25, -0.2) is 0 Å². The van der Waals surface area contributed by atoms with Crippen LogP contribution in [0, 0.1) is 20.8 Å². The third kappa shape index (κ3) is 8.16. The Morgan fingerprint density at radius 3 is 2.39 bits per heavy atom. The zero-order valence-corrected chi connectivity index (χ0v) is 22.5. The van der Waals surface area contributed by atoms with Crippen LogP contribution in [0.4, 0.5) is 0 Å². The van der Waals surface area contributed by atoms with Crippen LogP contribution in [0.15, 0.2) is 12.2 Å². The van der Waals surface area contributed by atoms with Gasteiger partial charge in [0.1, 0.15) is 23.2 Å². The molecule has 2 atom stereocenters. The fourth-order valence-corrected chi connectivity index (χ4v) is 5.47. The zero-order chi connectivity index (χ0) is 24.6. The van der Waals surface area contributed by atoms with Crippen molar-refractivity contribution < 1.29 is 23.8 Å². The van der Waals surface area contributed by atoms with Crippen LogP contribution in [-0.4, -0.2) is 27.7 Å². The summed E-state index contributed by atoms with van der Waals surface area (Å²) in [5.74, 6) is 1.70. The Bertz CT molecular complexity index is 857. The number of unbranched alkanes of at least 4 members (excludes halogenated alkanes) is 5. The van der Waals surface area contributed by atoms with Crippen molar-refractivity contribution in [2.45, 2.75) is 117 Å². The quantitative estimate of drug-likeness (QED) is 0.175. The number of benzene rings is 1. The van der Waals surface area contributed by atoms with E-state index in [1.807, 2.05) is 20.8 Å². The number of ether oxygens (including phenoxy) is 2. The molecule has 33 heavy (non-hydrogen) atoms. The first-order valence-corrected chi connectivity index (χ1v) is 14.5. The minimum atomic E-state index is -4.15. The first-order valence-electron chi connectivity index (χ1n) is 12.7. The van der Waals surface area contributed by atoms with E-state index in [4.69, 9.17) is 9.47 Å². The second kappa shape index (κ2) is 12.4. The van der Waals surface area contributed by atoms with Crippen LogP contribution in [0.2, 0.25) is 0 Å². The van der Waals surface area contributed by atoms with Gasteiger partial charge in [-0.3, -0.25) is 4.57 Å². The molecule has 0 saturated heterocycles. The Hall–Kier alpha value is -1.29. The highest BCUT2D eigenvalue weighted by Gasteiger charge is 2.33. The van der Waals surface area contributed by atoms with Gasteiger partial charge in [0.2, 0.25) is 0 Å². The van der Waals surface area contributed by atoms with Crippen LogP contribution in [-0.2, 0) is 11.0 Å². The summed E-state index contributed by atoms with van der Waals surface area (Å²) >= 11 is 0. The Kier molecular flexibility index (Phi) is 10.5. The minimum absolute atomic E-state index is 0.256. The first-order chi connectivity index (χ1) is 15.5. The lowest BCUT2D eigenvalue weighted by molar-refractivity contribution is 0.112. The molecule has 0 bridgehead atoms. The van der Waals surface area contributed by atoms with Gasteiger partial charge in [-0.2, -0.15) is 0 Å². The van der Waals surface area contributed by atoms with E-state index in [2.05, 4.69) is 32.9 Å². The highest BCUT2D eigenvalue weighted by atomic mass is 31.2. The normalized spacial score (nSPS) is 19.4. The van der Waals surface area contributed by atoms with Crippen molar-refractivity contribution in [3.05, 3.63) is 34.4 Å². The summed E-state index contributed by atoms with van der Waals surface area (Å²) in [6, 6.07) is 0. The highest BCUT2D eigenvalue weighted by Crippen LogP contribution is 2.45. The van der Waals surface area contributed by atoms with Crippen LogP contribution in [0.5, 0.6) is 11.5 Å². The van der Waals surface area contributed by atoms with Crippen molar-refractivity contribution >= 4 is 7.60 Å². The van der Waals surface area contributed by atoms with Gasteiger partial charge < -0.3 is 19.3 Å². The summed E-state index contributed by atoms with van der Waals surface area (Å²) in [6.07, 6.45) is 14.5. The summed E-state index contributed by atoms with van der Waals surface area (Å²) in [5, 5.41) is 0. The number of allylic oxidation sites excluding steroid dienone is 1. The minimum Gasteiger partial charge on any atom is -0.489 e. The molecule has 0 aromatic heterocycles. The third-order valence-electron chi connectivity index (χ3n) is 6.80. The van der Waals surface area contributed by atoms with E-state index < -0.39 is 13.7 Å². The lowest BCUT2D eigenvalue weighted by Gasteiger charge is -2.37. The first kappa shape index (κ1) is 28.0. The number of rotatable bonds is 13. The van der Waals surface area contributed by atoms with Crippen LogP contribution >= 0.6 is 7.60 Å². The maximum Gasteiger partial charge on any atom is 0.329 e. The van der Waals surface area contributed by atoms with E-state index in [1.54, 1.807) is 0 Å². The van der Waals surface area contributed by atoms with Crippen molar-refractivity contribution in [3.63, 3.8) is 0 Å². The smallest absolute Gasteiger partial charge is 0.329 e. The van der Waals surface area contributed by atoms with E-state index in [-0.39, 0.29) is 11.8 Å². The van der Waals surface area contributed by atoms with Crippen molar-refractivity contribution in [1.29, 1.82) is 0 Å². The largest absolute Gasteiger partial charge is 0.489 e. The van der Waals surface area contributed by atoms with Crippen LogP contribution < -0.4 is 9.47 Å². The lowest BCUT2D eigenvalue weighted by Crippen LogP contribution is -2.35. The van der Waals surface area contributed by atoms with E-state index in [9.17, 15) is 14.4 Å². The summed E-state index contributed by atoms with van der Waals surface area (Å²) in [7, 11) is -4.15. The second-order valence-corrected chi connectivity index (χ2v) is 11.6. The molecule has 0 amide bonds. The predicted octanol–water partition coefficient (Wildman–Crippen LogP) is 7.34. The molecule has 1 aliphatic heterocycles. The summed E-state index contributed by atoms with van der Waals surface area (Å²) in [6.45, 7) is 12.5. The molecule has 1 heterocycles. The summed E-state index contributed by atoms with van der Waals surface area (Å²) < 4.78 is 24.4. The Morgan fingerprint density at radius 2 is 1.76 bits per heavy atom. The fourth-order valence-electron chi connectivity index (χ4n) is 4.69.